The topological polar surface area (TPSA) is 57.7 Å². The van der Waals surface area contributed by atoms with Crippen LogP contribution in [-0.4, -0.2) is 35.5 Å². The Labute approximate surface area is 169 Å². The molecule has 3 amide bonds. The smallest absolute Gasteiger partial charge is 0.284 e. The number of carbonyl (C=O) groups excluding carboxylic acids is 3. The van der Waals surface area contributed by atoms with Crippen LogP contribution in [0.4, 0.5) is 18.9 Å². The minimum absolute atomic E-state index is 0.0523. The molecule has 0 N–H and O–H groups in total. The Hall–Kier alpha value is -2.35. The number of hydrogen-bond donors (Lipinski definition) is 0. The van der Waals surface area contributed by atoms with Gasteiger partial charge in [-0.15, -0.1) is 0 Å². The second-order valence-corrected chi connectivity index (χ2v) is 8.49. The molecule has 0 spiro atoms. The number of alkyl halides is 3. The van der Waals surface area contributed by atoms with E-state index in [1.165, 1.54) is 24.3 Å². The van der Waals surface area contributed by atoms with Crippen molar-refractivity contribution < 1.29 is 27.6 Å². The lowest BCUT2D eigenvalue weighted by Gasteiger charge is -2.37. The van der Waals surface area contributed by atoms with E-state index in [1.807, 2.05) is 12.2 Å². The molecule has 1 aliphatic heterocycles. The van der Waals surface area contributed by atoms with Crippen molar-refractivity contribution in [3.8, 4) is 0 Å². The van der Waals surface area contributed by atoms with Crippen molar-refractivity contribution in [2.45, 2.75) is 12.6 Å². The van der Waals surface area contributed by atoms with Crippen LogP contribution in [0.1, 0.15) is 6.42 Å². The van der Waals surface area contributed by atoms with Crippen molar-refractivity contribution in [1.29, 1.82) is 0 Å². The van der Waals surface area contributed by atoms with E-state index >= 15 is 0 Å². The van der Waals surface area contributed by atoms with Gasteiger partial charge < -0.3 is 0 Å². The number of anilines is 1. The second kappa shape index (κ2) is 6.08. The second-order valence-electron chi connectivity index (χ2n) is 8.08. The highest BCUT2D eigenvalue weighted by Crippen LogP contribution is 2.65. The first-order valence-electron chi connectivity index (χ1n) is 9.37. The minimum Gasteiger partial charge on any atom is -0.284 e. The Balaban J connectivity index is 1.48. The summed E-state index contributed by atoms with van der Waals surface area (Å²) in [6, 6.07) is 5.55. The fourth-order valence-electron chi connectivity index (χ4n) is 5.37. The van der Waals surface area contributed by atoms with Crippen molar-refractivity contribution in [1.82, 2.24) is 4.90 Å². The highest BCUT2D eigenvalue weighted by Gasteiger charge is 2.67. The first kappa shape index (κ1) is 18.7. The molecular weight excluding hydrogens is 409 g/mol. The molecule has 0 aromatic heterocycles. The van der Waals surface area contributed by atoms with E-state index < -0.39 is 42.4 Å². The van der Waals surface area contributed by atoms with E-state index in [2.05, 4.69) is 0 Å². The lowest BCUT2D eigenvalue weighted by Crippen LogP contribution is -2.49. The number of nitrogens with zero attached hydrogens (tertiary/aromatic N) is 2. The summed E-state index contributed by atoms with van der Waals surface area (Å²) in [7, 11) is 0. The summed E-state index contributed by atoms with van der Waals surface area (Å²) in [5.41, 5.74) is -0.198. The van der Waals surface area contributed by atoms with E-state index in [-0.39, 0.29) is 22.5 Å². The lowest BCUT2D eigenvalue weighted by atomic mass is 9.63. The van der Waals surface area contributed by atoms with Crippen LogP contribution in [0.3, 0.4) is 0 Å². The normalized spacial score (nSPS) is 34.3. The quantitative estimate of drug-likeness (QED) is 0.553. The zero-order chi connectivity index (χ0) is 20.7. The van der Waals surface area contributed by atoms with E-state index in [0.717, 1.165) is 11.3 Å². The highest BCUT2D eigenvalue weighted by atomic mass is 35.5. The molecule has 4 aliphatic carbocycles. The highest BCUT2D eigenvalue weighted by molar-refractivity contribution is 6.33. The van der Waals surface area contributed by atoms with Crippen molar-refractivity contribution >= 4 is 35.0 Å². The van der Waals surface area contributed by atoms with Crippen molar-refractivity contribution in [3.05, 3.63) is 41.4 Å². The summed E-state index contributed by atoms with van der Waals surface area (Å²) in [5.74, 6) is -3.63. The van der Waals surface area contributed by atoms with E-state index in [4.69, 9.17) is 11.6 Å². The molecule has 1 aromatic rings. The van der Waals surface area contributed by atoms with Gasteiger partial charge in [-0.05, 0) is 42.2 Å². The molecule has 9 heteroatoms. The van der Waals surface area contributed by atoms with Crippen molar-refractivity contribution in [3.63, 3.8) is 0 Å². The maximum atomic E-state index is 13.2. The predicted octanol–water partition coefficient (Wildman–Crippen LogP) is 3.25. The first-order chi connectivity index (χ1) is 13.7. The molecule has 1 heterocycles. The van der Waals surface area contributed by atoms with Gasteiger partial charge in [0.05, 0.1) is 22.5 Å². The van der Waals surface area contributed by atoms with Gasteiger partial charge in [0.1, 0.15) is 6.67 Å². The molecule has 0 radical (unpaired) electrons. The largest absolute Gasteiger partial charge is 0.471 e. The molecule has 5 nitrogen and oxygen atoms in total. The Bertz CT molecular complexity index is 927. The van der Waals surface area contributed by atoms with E-state index in [0.29, 0.717) is 16.7 Å². The Kier molecular flexibility index (Phi) is 3.91. The molecule has 5 aliphatic rings. The molecule has 3 fully saturated rings. The number of hydrogen-bond acceptors (Lipinski definition) is 3. The average Bonchev–Trinajstić information content (AvgIpc) is 3.45. The third-order valence-corrected chi connectivity index (χ3v) is 6.99. The van der Waals surface area contributed by atoms with Gasteiger partial charge in [0.25, 0.3) is 0 Å². The number of imide groups is 1. The molecule has 6 atom stereocenters. The van der Waals surface area contributed by atoms with Crippen LogP contribution in [0.25, 0.3) is 0 Å². The van der Waals surface area contributed by atoms with E-state index in [1.54, 1.807) is 0 Å². The number of amides is 3. The summed E-state index contributed by atoms with van der Waals surface area (Å²) in [4.78, 5) is 39.4. The molecule has 29 heavy (non-hydrogen) atoms. The van der Waals surface area contributed by atoms with Gasteiger partial charge in [-0.3, -0.25) is 24.2 Å². The number of likely N-dealkylation sites (tertiary alicyclic amines) is 1. The summed E-state index contributed by atoms with van der Waals surface area (Å²) in [5, 5.41) is -0.0791. The van der Waals surface area contributed by atoms with Crippen LogP contribution in [0, 0.1) is 35.5 Å². The first-order valence-corrected chi connectivity index (χ1v) is 9.74. The van der Waals surface area contributed by atoms with Crippen molar-refractivity contribution in [2.75, 3.05) is 11.6 Å². The monoisotopic (exact) mass is 424 g/mol. The molecule has 152 valence electrons. The van der Waals surface area contributed by atoms with Gasteiger partial charge >= 0.3 is 12.1 Å². The molecular formula is C20H16ClF3N2O3. The average molecular weight is 425 g/mol. The van der Waals surface area contributed by atoms with Crippen LogP contribution in [0.2, 0.25) is 5.02 Å². The number of para-hydroxylation sites is 1. The van der Waals surface area contributed by atoms with Crippen LogP contribution in [0.15, 0.2) is 36.4 Å². The van der Waals surface area contributed by atoms with Gasteiger partial charge in [-0.25, -0.2) is 0 Å². The molecule has 6 rings (SSSR count). The van der Waals surface area contributed by atoms with Crippen LogP contribution >= 0.6 is 11.6 Å². The molecule has 1 saturated heterocycles. The van der Waals surface area contributed by atoms with Gasteiger partial charge in [-0.1, -0.05) is 35.9 Å². The van der Waals surface area contributed by atoms with Gasteiger partial charge in [-0.2, -0.15) is 13.2 Å². The third kappa shape index (κ3) is 2.64. The van der Waals surface area contributed by atoms with Gasteiger partial charge in [0.2, 0.25) is 11.8 Å². The zero-order valence-corrected chi connectivity index (χ0v) is 15.7. The summed E-state index contributed by atoms with van der Waals surface area (Å²) in [6.07, 6.45) is -0.253. The zero-order valence-electron chi connectivity index (χ0n) is 15.0. The molecule has 2 bridgehead atoms. The number of benzene rings is 1. The fourth-order valence-corrected chi connectivity index (χ4v) is 5.61. The molecule has 1 aromatic carbocycles. The third-order valence-electron chi connectivity index (χ3n) is 6.67. The van der Waals surface area contributed by atoms with Gasteiger partial charge in [0.15, 0.2) is 0 Å². The van der Waals surface area contributed by atoms with Crippen LogP contribution in [-0.2, 0) is 14.4 Å². The summed E-state index contributed by atoms with van der Waals surface area (Å²) < 4.78 is 39.7. The SMILES string of the molecule is O=C1[C@@H]2[C@H]3C=C[C@@H]([C@@H]4C[C@@H]34)[C@H]2C(=O)N1CN(C(=O)C(F)(F)F)c1ccccc1Cl. The van der Waals surface area contributed by atoms with Crippen LogP contribution < -0.4 is 4.90 Å². The maximum absolute atomic E-state index is 13.2. The van der Waals surface area contributed by atoms with E-state index in [9.17, 15) is 27.6 Å². The Morgan fingerprint density at radius 2 is 1.62 bits per heavy atom. The predicted molar refractivity (Wildman–Crippen MR) is 96.4 cm³/mol. The standard InChI is InChI=1S/C20H16ClF3N2O3/c21-13-3-1-2-4-14(13)25(19(29)20(22,23)24)8-26-17(27)15-9-5-6-10(12-7-11(9)12)16(15)18(26)28/h1-6,9-12,15-16H,7-8H2/t9-,10-,11-,12-,15+,16+/m0/s1. The van der Waals surface area contributed by atoms with Gasteiger partial charge in [0, 0.05) is 0 Å². The lowest BCUT2D eigenvalue weighted by molar-refractivity contribution is -0.171. The maximum Gasteiger partial charge on any atom is 0.471 e. The minimum atomic E-state index is -5.18. The number of rotatable bonds is 3. The number of halogens is 4. The number of allylic oxidation sites excluding steroid dienone is 2. The Morgan fingerprint density at radius 3 is 2.14 bits per heavy atom. The van der Waals surface area contributed by atoms with Crippen LogP contribution in [0.5, 0.6) is 0 Å². The Morgan fingerprint density at radius 1 is 1.07 bits per heavy atom. The molecule has 0 unspecified atom stereocenters. The molecule has 2 saturated carbocycles. The fraction of sp³-hybridized carbons (Fsp3) is 0.450. The number of carbonyl (C=O) groups is 3. The summed E-state index contributed by atoms with van der Waals surface area (Å²) in [6.45, 7) is -0.804. The van der Waals surface area contributed by atoms with Crippen molar-refractivity contribution in [2.24, 2.45) is 35.5 Å². The summed E-state index contributed by atoms with van der Waals surface area (Å²) >= 11 is 6.01.